The lowest BCUT2D eigenvalue weighted by Crippen LogP contribution is -1.99. The van der Waals surface area contributed by atoms with Crippen molar-refractivity contribution in [2.45, 2.75) is 13.3 Å². The summed E-state index contributed by atoms with van der Waals surface area (Å²) in [6.07, 6.45) is 0.844. The molecule has 0 N–H and O–H groups in total. The van der Waals surface area contributed by atoms with Crippen LogP contribution in [0.1, 0.15) is 27.9 Å². The fraction of sp³-hybridized carbons (Fsp3) is 0.133. The van der Waals surface area contributed by atoms with Crippen LogP contribution in [0.4, 0.5) is 0 Å². The predicted octanol–water partition coefficient (Wildman–Crippen LogP) is 4.94. The number of rotatable bonds is 3. The number of aryl methyl sites for hydroxylation is 1. The lowest BCUT2D eigenvalue weighted by molar-refractivity contribution is 0.101. The van der Waals surface area contributed by atoms with Crippen molar-refractivity contribution >= 4 is 39.7 Å². The summed E-state index contributed by atoms with van der Waals surface area (Å²) >= 11 is 7.38. The minimum atomic E-state index is -0.0563. The summed E-state index contributed by atoms with van der Waals surface area (Å²) in [4.78, 5) is 13.2. The zero-order chi connectivity index (χ0) is 13.4. The first-order valence-electron chi connectivity index (χ1n) is 5.99. The summed E-state index contributed by atoms with van der Waals surface area (Å²) < 4.78 is 5.61. The van der Waals surface area contributed by atoms with Gasteiger partial charge in [-0.15, -0.1) is 11.3 Å². The van der Waals surface area contributed by atoms with E-state index in [0.717, 1.165) is 22.2 Å². The summed E-state index contributed by atoms with van der Waals surface area (Å²) in [5.41, 5.74) is 1.75. The standard InChI is InChI=1S/C15H11ClO2S/c1-2-9-5-6-19-15(9)14(17)13-8-10-7-11(16)3-4-12(10)18-13/h3-8H,2H2,1H3. The second-order valence-corrected chi connectivity index (χ2v) is 5.60. The van der Waals surface area contributed by atoms with E-state index in [1.165, 1.54) is 11.3 Å². The lowest BCUT2D eigenvalue weighted by atomic mass is 10.1. The summed E-state index contributed by atoms with van der Waals surface area (Å²) in [7, 11) is 0. The second kappa shape index (κ2) is 4.83. The largest absolute Gasteiger partial charge is 0.453 e. The Morgan fingerprint density at radius 3 is 2.95 bits per heavy atom. The van der Waals surface area contributed by atoms with Crippen LogP contribution in [-0.2, 0) is 6.42 Å². The van der Waals surface area contributed by atoms with E-state index in [-0.39, 0.29) is 5.78 Å². The van der Waals surface area contributed by atoms with Gasteiger partial charge in [0, 0.05) is 10.4 Å². The van der Waals surface area contributed by atoms with Gasteiger partial charge in [0.15, 0.2) is 5.76 Å². The molecule has 0 aliphatic carbocycles. The smallest absolute Gasteiger partial charge is 0.238 e. The van der Waals surface area contributed by atoms with Crippen LogP contribution in [0, 0.1) is 0 Å². The third kappa shape index (κ3) is 2.20. The number of thiophene rings is 1. The van der Waals surface area contributed by atoms with Crippen LogP contribution in [0.3, 0.4) is 0 Å². The maximum atomic E-state index is 12.4. The maximum absolute atomic E-state index is 12.4. The van der Waals surface area contributed by atoms with Gasteiger partial charge in [0.2, 0.25) is 5.78 Å². The summed E-state index contributed by atoms with van der Waals surface area (Å²) in [6, 6.07) is 9.07. The number of carbonyl (C=O) groups is 1. The Kier molecular flexibility index (Phi) is 3.17. The van der Waals surface area contributed by atoms with Gasteiger partial charge in [-0.1, -0.05) is 18.5 Å². The highest BCUT2D eigenvalue weighted by molar-refractivity contribution is 7.12. The van der Waals surface area contributed by atoms with Crippen LogP contribution in [-0.4, -0.2) is 5.78 Å². The molecule has 0 amide bonds. The van der Waals surface area contributed by atoms with Crippen molar-refractivity contribution in [1.29, 1.82) is 0 Å². The molecule has 1 aromatic carbocycles. The first kappa shape index (κ1) is 12.5. The van der Waals surface area contributed by atoms with Gasteiger partial charge in [0.25, 0.3) is 0 Å². The van der Waals surface area contributed by atoms with E-state index in [2.05, 4.69) is 0 Å². The average molecular weight is 291 g/mol. The molecule has 0 radical (unpaired) electrons. The van der Waals surface area contributed by atoms with Crippen molar-refractivity contribution in [1.82, 2.24) is 0 Å². The van der Waals surface area contributed by atoms with Crippen LogP contribution in [0.2, 0.25) is 5.02 Å². The number of hydrogen-bond acceptors (Lipinski definition) is 3. The number of hydrogen-bond donors (Lipinski definition) is 0. The molecule has 4 heteroatoms. The molecule has 0 aliphatic heterocycles. The molecule has 0 saturated heterocycles. The molecule has 0 spiro atoms. The van der Waals surface area contributed by atoms with Crippen molar-refractivity contribution in [2.24, 2.45) is 0 Å². The van der Waals surface area contributed by atoms with Crippen molar-refractivity contribution in [3.05, 3.63) is 56.9 Å². The Labute approximate surface area is 119 Å². The fourth-order valence-corrected chi connectivity index (χ4v) is 3.17. The van der Waals surface area contributed by atoms with E-state index in [9.17, 15) is 4.79 Å². The van der Waals surface area contributed by atoms with Gasteiger partial charge >= 0.3 is 0 Å². The van der Waals surface area contributed by atoms with Gasteiger partial charge in [-0.25, -0.2) is 0 Å². The average Bonchev–Trinajstić information content (AvgIpc) is 3.03. The van der Waals surface area contributed by atoms with Crippen LogP contribution in [0.5, 0.6) is 0 Å². The van der Waals surface area contributed by atoms with Gasteiger partial charge in [0.05, 0.1) is 4.88 Å². The third-order valence-corrected chi connectivity index (χ3v) is 4.23. The maximum Gasteiger partial charge on any atom is 0.238 e. The minimum absolute atomic E-state index is 0.0563. The molecule has 0 saturated carbocycles. The number of benzene rings is 1. The Morgan fingerprint density at radius 2 is 2.16 bits per heavy atom. The van der Waals surface area contributed by atoms with Gasteiger partial charge in [0.1, 0.15) is 5.58 Å². The van der Waals surface area contributed by atoms with Crippen molar-refractivity contribution < 1.29 is 9.21 Å². The number of furan rings is 1. The molecule has 0 bridgehead atoms. The highest BCUT2D eigenvalue weighted by Crippen LogP contribution is 2.27. The van der Waals surface area contributed by atoms with E-state index in [4.69, 9.17) is 16.0 Å². The molecular formula is C15H11ClO2S. The number of fused-ring (bicyclic) bond motifs is 1. The molecule has 2 nitrogen and oxygen atoms in total. The van der Waals surface area contributed by atoms with Crippen LogP contribution in [0.25, 0.3) is 11.0 Å². The first-order valence-corrected chi connectivity index (χ1v) is 7.25. The monoisotopic (exact) mass is 290 g/mol. The number of carbonyl (C=O) groups excluding carboxylic acids is 1. The Hall–Kier alpha value is -1.58. The van der Waals surface area contributed by atoms with Gasteiger partial charge < -0.3 is 4.42 Å². The van der Waals surface area contributed by atoms with E-state index < -0.39 is 0 Å². The quantitative estimate of drug-likeness (QED) is 0.640. The van der Waals surface area contributed by atoms with Crippen LogP contribution < -0.4 is 0 Å². The van der Waals surface area contributed by atoms with Crippen LogP contribution >= 0.6 is 22.9 Å². The number of ketones is 1. The second-order valence-electron chi connectivity index (χ2n) is 4.25. The molecule has 3 rings (SSSR count). The topological polar surface area (TPSA) is 30.2 Å². The molecule has 3 aromatic rings. The molecule has 2 aromatic heterocycles. The molecule has 0 fully saturated rings. The van der Waals surface area contributed by atoms with Gasteiger partial charge in [-0.3, -0.25) is 4.79 Å². The SMILES string of the molecule is CCc1ccsc1C(=O)c1cc2cc(Cl)ccc2o1. The van der Waals surface area contributed by atoms with Crippen molar-refractivity contribution in [2.75, 3.05) is 0 Å². The summed E-state index contributed by atoms with van der Waals surface area (Å²) in [6.45, 7) is 2.04. The van der Waals surface area contributed by atoms with E-state index in [1.54, 1.807) is 24.3 Å². The van der Waals surface area contributed by atoms with Crippen molar-refractivity contribution in [3.63, 3.8) is 0 Å². The Balaban J connectivity index is 2.07. The minimum Gasteiger partial charge on any atom is -0.453 e. The predicted molar refractivity (Wildman–Crippen MR) is 78.4 cm³/mol. The zero-order valence-electron chi connectivity index (χ0n) is 10.3. The van der Waals surface area contributed by atoms with E-state index in [1.807, 2.05) is 18.4 Å². The fourth-order valence-electron chi connectivity index (χ4n) is 2.05. The Bertz CT molecular complexity index is 754. The molecule has 0 atom stereocenters. The van der Waals surface area contributed by atoms with Gasteiger partial charge in [-0.2, -0.15) is 0 Å². The molecule has 0 aliphatic rings. The van der Waals surface area contributed by atoms with E-state index >= 15 is 0 Å². The zero-order valence-corrected chi connectivity index (χ0v) is 11.8. The summed E-state index contributed by atoms with van der Waals surface area (Å²) in [5, 5.41) is 3.43. The molecule has 19 heavy (non-hydrogen) atoms. The molecule has 96 valence electrons. The first-order chi connectivity index (χ1) is 9.19. The summed E-state index contributed by atoms with van der Waals surface area (Å²) in [5.74, 6) is 0.314. The third-order valence-electron chi connectivity index (χ3n) is 3.04. The lowest BCUT2D eigenvalue weighted by Gasteiger charge is -1.97. The molecule has 2 heterocycles. The van der Waals surface area contributed by atoms with Gasteiger partial charge in [-0.05, 0) is 47.7 Å². The van der Waals surface area contributed by atoms with Crippen LogP contribution in [0.15, 0.2) is 40.1 Å². The molecular weight excluding hydrogens is 280 g/mol. The molecule has 0 unspecified atom stereocenters. The highest BCUT2D eigenvalue weighted by Gasteiger charge is 2.18. The van der Waals surface area contributed by atoms with E-state index in [0.29, 0.717) is 16.4 Å². The van der Waals surface area contributed by atoms with Crippen molar-refractivity contribution in [3.8, 4) is 0 Å². The Morgan fingerprint density at radius 1 is 1.32 bits per heavy atom. The normalized spacial score (nSPS) is 11.1. The number of halogens is 1. The highest BCUT2D eigenvalue weighted by atomic mass is 35.5.